The molecule has 1 aromatic heterocycles. The summed E-state index contributed by atoms with van der Waals surface area (Å²) in [4.78, 5) is 0.251. The zero-order chi connectivity index (χ0) is 15.1. The van der Waals surface area contributed by atoms with Crippen LogP contribution in [0.3, 0.4) is 0 Å². The highest BCUT2D eigenvalue weighted by Crippen LogP contribution is 2.19. The number of hydrogen-bond donors (Lipinski definition) is 2. The van der Waals surface area contributed by atoms with Crippen LogP contribution in [-0.4, -0.2) is 30.8 Å². The highest BCUT2D eigenvalue weighted by atomic mass is 32.2. The minimum Gasteiger partial charge on any atom is -0.330 e. The molecule has 6 nitrogen and oxygen atoms in total. The standard InChI is InChI=1S/C14H26N4O2S/c15-9-6-10-18-12-14(11-16-18)21(19,20)17-13-7-4-2-1-3-5-8-13/h11-13,17H,1-10,15H2. The van der Waals surface area contributed by atoms with Crippen LogP contribution in [0.5, 0.6) is 0 Å². The molecule has 21 heavy (non-hydrogen) atoms. The molecule has 1 aromatic rings. The molecule has 0 atom stereocenters. The van der Waals surface area contributed by atoms with Crippen LogP contribution in [0.15, 0.2) is 17.3 Å². The number of hydrogen-bond acceptors (Lipinski definition) is 4. The monoisotopic (exact) mass is 314 g/mol. The Bertz CT molecular complexity index is 519. The van der Waals surface area contributed by atoms with E-state index in [1.807, 2.05) is 0 Å². The molecule has 0 radical (unpaired) electrons. The largest absolute Gasteiger partial charge is 0.330 e. The number of rotatable bonds is 6. The molecule has 0 unspecified atom stereocenters. The minimum atomic E-state index is -3.46. The van der Waals surface area contributed by atoms with Gasteiger partial charge < -0.3 is 5.73 Å². The van der Waals surface area contributed by atoms with Crippen LogP contribution in [0.1, 0.15) is 51.4 Å². The molecular weight excluding hydrogens is 288 g/mol. The minimum absolute atomic E-state index is 0.0580. The van der Waals surface area contributed by atoms with E-state index in [1.165, 1.54) is 25.5 Å². The van der Waals surface area contributed by atoms with Gasteiger partial charge in [-0.3, -0.25) is 4.68 Å². The van der Waals surface area contributed by atoms with Crippen molar-refractivity contribution in [1.82, 2.24) is 14.5 Å². The second-order valence-corrected chi connectivity index (χ2v) is 7.46. The van der Waals surface area contributed by atoms with Crippen LogP contribution >= 0.6 is 0 Å². The summed E-state index contributed by atoms with van der Waals surface area (Å²) in [5.41, 5.74) is 5.45. The second-order valence-electron chi connectivity index (χ2n) is 5.74. The summed E-state index contributed by atoms with van der Waals surface area (Å²) < 4.78 is 29.3. The van der Waals surface area contributed by atoms with E-state index in [0.29, 0.717) is 13.1 Å². The number of aromatic nitrogens is 2. The molecule has 0 aliphatic heterocycles. The lowest BCUT2D eigenvalue weighted by Gasteiger charge is -2.20. The van der Waals surface area contributed by atoms with Gasteiger partial charge in [0.05, 0.1) is 6.20 Å². The van der Waals surface area contributed by atoms with Gasteiger partial charge in [-0.1, -0.05) is 32.1 Å². The van der Waals surface area contributed by atoms with Crippen molar-refractivity contribution in [2.24, 2.45) is 5.73 Å². The quantitative estimate of drug-likeness (QED) is 0.835. The van der Waals surface area contributed by atoms with Crippen LogP contribution in [-0.2, 0) is 16.6 Å². The van der Waals surface area contributed by atoms with Crippen molar-refractivity contribution < 1.29 is 8.42 Å². The predicted molar refractivity (Wildman–Crippen MR) is 82.3 cm³/mol. The Balaban J connectivity index is 1.97. The van der Waals surface area contributed by atoms with Crippen molar-refractivity contribution in [2.75, 3.05) is 6.54 Å². The molecule has 7 heteroatoms. The fourth-order valence-corrected chi connectivity index (χ4v) is 3.98. The molecule has 0 aromatic carbocycles. The first kappa shape index (κ1) is 16.5. The molecule has 0 spiro atoms. The van der Waals surface area contributed by atoms with Gasteiger partial charge >= 0.3 is 0 Å². The molecule has 2 rings (SSSR count). The van der Waals surface area contributed by atoms with Crippen LogP contribution < -0.4 is 10.5 Å². The number of nitrogens with zero attached hydrogens (tertiary/aromatic N) is 2. The number of nitrogens with two attached hydrogens (primary N) is 1. The van der Waals surface area contributed by atoms with Gasteiger partial charge in [-0.2, -0.15) is 5.10 Å². The van der Waals surface area contributed by atoms with E-state index in [2.05, 4.69) is 9.82 Å². The molecular formula is C14H26N4O2S. The average molecular weight is 314 g/mol. The average Bonchev–Trinajstić information content (AvgIpc) is 2.89. The van der Waals surface area contributed by atoms with E-state index in [0.717, 1.165) is 32.1 Å². The van der Waals surface area contributed by atoms with E-state index < -0.39 is 10.0 Å². The maximum atomic E-state index is 12.4. The van der Waals surface area contributed by atoms with Crippen LogP contribution in [0.2, 0.25) is 0 Å². The first-order valence-electron chi connectivity index (χ1n) is 7.86. The molecule has 1 fully saturated rings. The van der Waals surface area contributed by atoms with Crippen molar-refractivity contribution in [3.63, 3.8) is 0 Å². The first-order valence-corrected chi connectivity index (χ1v) is 9.35. The lowest BCUT2D eigenvalue weighted by Crippen LogP contribution is -2.35. The van der Waals surface area contributed by atoms with Crippen molar-refractivity contribution in [3.05, 3.63) is 12.4 Å². The fourth-order valence-electron chi connectivity index (χ4n) is 2.72. The number of aryl methyl sites for hydroxylation is 1. The molecule has 1 heterocycles. The highest BCUT2D eigenvalue weighted by Gasteiger charge is 2.22. The maximum absolute atomic E-state index is 12.4. The third kappa shape index (κ3) is 5.09. The Morgan fingerprint density at radius 2 is 1.90 bits per heavy atom. The van der Waals surface area contributed by atoms with Crippen molar-refractivity contribution in [3.8, 4) is 0 Å². The Hall–Kier alpha value is -0.920. The smallest absolute Gasteiger partial charge is 0.243 e. The molecule has 0 saturated heterocycles. The van der Waals surface area contributed by atoms with Gasteiger partial charge in [0, 0.05) is 18.8 Å². The Labute approximate surface area is 127 Å². The van der Waals surface area contributed by atoms with Crippen molar-refractivity contribution >= 4 is 10.0 Å². The number of sulfonamides is 1. The van der Waals surface area contributed by atoms with Crippen LogP contribution in [0, 0.1) is 0 Å². The Morgan fingerprint density at radius 1 is 1.24 bits per heavy atom. The van der Waals surface area contributed by atoms with Gasteiger partial charge in [-0.15, -0.1) is 0 Å². The molecule has 3 N–H and O–H groups in total. The predicted octanol–water partition coefficient (Wildman–Crippen LogP) is 1.62. The van der Waals surface area contributed by atoms with Gasteiger partial charge in [0.15, 0.2) is 0 Å². The summed E-state index contributed by atoms with van der Waals surface area (Å²) in [6.07, 6.45) is 11.5. The van der Waals surface area contributed by atoms with E-state index in [-0.39, 0.29) is 10.9 Å². The lowest BCUT2D eigenvalue weighted by atomic mass is 9.97. The summed E-state index contributed by atoms with van der Waals surface area (Å²) in [7, 11) is -3.46. The molecule has 0 amide bonds. The zero-order valence-electron chi connectivity index (χ0n) is 12.5. The molecule has 1 aliphatic rings. The summed E-state index contributed by atoms with van der Waals surface area (Å²) in [6.45, 7) is 1.22. The third-order valence-electron chi connectivity index (χ3n) is 3.94. The van der Waals surface area contributed by atoms with E-state index in [1.54, 1.807) is 10.9 Å². The maximum Gasteiger partial charge on any atom is 0.243 e. The van der Waals surface area contributed by atoms with E-state index in [4.69, 9.17) is 5.73 Å². The summed E-state index contributed by atoms with van der Waals surface area (Å²) in [5.74, 6) is 0. The van der Waals surface area contributed by atoms with Gasteiger partial charge in [-0.25, -0.2) is 13.1 Å². The first-order chi connectivity index (χ1) is 10.1. The van der Waals surface area contributed by atoms with Gasteiger partial charge in [-0.05, 0) is 25.8 Å². The lowest BCUT2D eigenvalue weighted by molar-refractivity contribution is 0.426. The molecule has 1 aliphatic carbocycles. The summed E-state index contributed by atoms with van der Waals surface area (Å²) in [6, 6.07) is 0.0580. The van der Waals surface area contributed by atoms with Gasteiger partial charge in [0.25, 0.3) is 0 Å². The fraction of sp³-hybridized carbons (Fsp3) is 0.786. The van der Waals surface area contributed by atoms with Crippen molar-refractivity contribution in [2.45, 2.75) is 68.8 Å². The third-order valence-corrected chi connectivity index (χ3v) is 5.41. The second kappa shape index (κ2) is 7.91. The topological polar surface area (TPSA) is 90.0 Å². The Kier molecular flexibility index (Phi) is 6.20. The van der Waals surface area contributed by atoms with E-state index >= 15 is 0 Å². The van der Waals surface area contributed by atoms with Crippen molar-refractivity contribution in [1.29, 1.82) is 0 Å². The number of nitrogens with one attached hydrogen (secondary N) is 1. The summed E-state index contributed by atoms with van der Waals surface area (Å²) in [5, 5.41) is 4.09. The SMILES string of the molecule is NCCCn1cc(S(=O)(=O)NC2CCCCCCC2)cn1. The van der Waals surface area contributed by atoms with Crippen LogP contribution in [0.25, 0.3) is 0 Å². The van der Waals surface area contributed by atoms with Gasteiger partial charge in [0.2, 0.25) is 10.0 Å². The normalized spacial score (nSPS) is 18.3. The molecule has 1 saturated carbocycles. The Morgan fingerprint density at radius 3 is 2.57 bits per heavy atom. The van der Waals surface area contributed by atoms with E-state index in [9.17, 15) is 8.42 Å². The zero-order valence-corrected chi connectivity index (χ0v) is 13.3. The molecule has 0 bridgehead atoms. The highest BCUT2D eigenvalue weighted by molar-refractivity contribution is 7.89. The molecule has 120 valence electrons. The van der Waals surface area contributed by atoms with Gasteiger partial charge in [0.1, 0.15) is 4.90 Å². The van der Waals surface area contributed by atoms with Crippen LogP contribution in [0.4, 0.5) is 0 Å². The summed E-state index contributed by atoms with van der Waals surface area (Å²) >= 11 is 0.